The highest BCUT2D eigenvalue weighted by molar-refractivity contribution is 7.90. The summed E-state index contributed by atoms with van der Waals surface area (Å²) >= 11 is 0. The Morgan fingerprint density at radius 1 is 1.06 bits per heavy atom. The van der Waals surface area contributed by atoms with Crippen LogP contribution in [0.1, 0.15) is 44.7 Å². The SMILES string of the molecule is Cc1ccc(S(=O)(=O)NC(N)=NCCC[C@H](NC(=O)OC(C)(C)C)C(=O)OCc2ccccc2)cc1. The summed E-state index contributed by atoms with van der Waals surface area (Å²) in [5.41, 5.74) is 6.73. The van der Waals surface area contributed by atoms with Gasteiger partial charge in [0, 0.05) is 6.54 Å². The number of sulfonamides is 1. The topological polar surface area (TPSA) is 149 Å². The first-order valence-corrected chi connectivity index (χ1v) is 12.9. The number of guanidine groups is 1. The summed E-state index contributed by atoms with van der Waals surface area (Å²) in [7, 11) is -3.86. The van der Waals surface area contributed by atoms with Gasteiger partial charge in [0.2, 0.25) is 5.96 Å². The van der Waals surface area contributed by atoms with E-state index in [-0.39, 0.29) is 30.4 Å². The van der Waals surface area contributed by atoms with Crippen molar-refractivity contribution >= 4 is 28.0 Å². The molecule has 196 valence electrons. The molecule has 1 amide bonds. The molecule has 1 atom stereocenters. The van der Waals surface area contributed by atoms with Crippen molar-refractivity contribution in [2.24, 2.45) is 10.7 Å². The molecule has 0 radical (unpaired) electrons. The van der Waals surface area contributed by atoms with Crippen LogP contribution in [0.2, 0.25) is 0 Å². The fourth-order valence-electron chi connectivity index (χ4n) is 2.97. The summed E-state index contributed by atoms with van der Waals surface area (Å²) < 4.78 is 37.7. The minimum absolute atomic E-state index is 0.0536. The minimum Gasteiger partial charge on any atom is -0.459 e. The molecule has 0 aliphatic heterocycles. The van der Waals surface area contributed by atoms with Crippen LogP contribution in [-0.2, 0) is 30.9 Å². The lowest BCUT2D eigenvalue weighted by Gasteiger charge is -2.23. The first-order valence-electron chi connectivity index (χ1n) is 11.5. The van der Waals surface area contributed by atoms with Crippen molar-refractivity contribution in [1.82, 2.24) is 10.0 Å². The van der Waals surface area contributed by atoms with E-state index in [1.54, 1.807) is 32.9 Å². The van der Waals surface area contributed by atoms with Gasteiger partial charge in [0.05, 0.1) is 4.90 Å². The maximum atomic E-state index is 12.7. The van der Waals surface area contributed by atoms with Crippen molar-refractivity contribution in [2.75, 3.05) is 6.54 Å². The molecule has 0 unspecified atom stereocenters. The lowest BCUT2D eigenvalue weighted by atomic mass is 10.1. The van der Waals surface area contributed by atoms with Gasteiger partial charge in [-0.25, -0.2) is 22.7 Å². The number of ether oxygens (including phenoxy) is 2. The summed E-state index contributed by atoms with van der Waals surface area (Å²) in [4.78, 5) is 29.0. The van der Waals surface area contributed by atoms with Gasteiger partial charge in [0.1, 0.15) is 18.2 Å². The number of nitrogens with one attached hydrogen (secondary N) is 2. The molecule has 36 heavy (non-hydrogen) atoms. The first-order chi connectivity index (χ1) is 16.9. The molecule has 4 N–H and O–H groups in total. The average molecular weight is 519 g/mol. The van der Waals surface area contributed by atoms with Crippen LogP contribution in [0.25, 0.3) is 0 Å². The second-order valence-electron chi connectivity index (χ2n) is 9.12. The number of hydrogen-bond donors (Lipinski definition) is 3. The molecule has 2 rings (SSSR count). The molecular weight excluding hydrogens is 484 g/mol. The number of nitrogens with zero attached hydrogens (tertiary/aromatic N) is 1. The van der Waals surface area contributed by atoms with E-state index in [1.165, 1.54) is 12.1 Å². The number of alkyl carbamates (subject to hydrolysis) is 1. The van der Waals surface area contributed by atoms with Gasteiger partial charge in [-0.15, -0.1) is 0 Å². The van der Waals surface area contributed by atoms with Gasteiger partial charge in [-0.2, -0.15) is 0 Å². The van der Waals surface area contributed by atoms with Crippen molar-refractivity contribution < 1.29 is 27.5 Å². The number of benzene rings is 2. The van der Waals surface area contributed by atoms with E-state index in [1.807, 2.05) is 37.3 Å². The number of carbonyl (C=O) groups is 2. The largest absolute Gasteiger partial charge is 0.459 e. The Kier molecular flexibility index (Phi) is 10.3. The Bertz CT molecular complexity index is 1140. The molecule has 0 spiro atoms. The van der Waals surface area contributed by atoms with Crippen LogP contribution >= 0.6 is 0 Å². The second kappa shape index (κ2) is 12.9. The summed E-state index contributed by atoms with van der Waals surface area (Å²) in [6.07, 6.45) is -0.264. The quantitative estimate of drug-likeness (QED) is 0.189. The van der Waals surface area contributed by atoms with E-state index < -0.39 is 33.7 Å². The van der Waals surface area contributed by atoms with E-state index >= 15 is 0 Å². The van der Waals surface area contributed by atoms with Crippen LogP contribution in [0.4, 0.5) is 4.79 Å². The molecule has 0 heterocycles. The van der Waals surface area contributed by atoms with Gasteiger partial charge in [-0.05, 0) is 58.2 Å². The van der Waals surface area contributed by atoms with Crippen molar-refractivity contribution in [3.05, 3.63) is 65.7 Å². The standard InChI is InChI=1S/C25H34N4O6S/c1-18-12-14-20(15-13-18)36(32,33)29-23(26)27-16-8-11-21(28-24(31)35-25(2,3)4)22(30)34-17-19-9-6-5-7-10-19/h5-7,9-10,12-15,21H,8,11,16-17H2,1-4H3,(H,28,31)(H3,26,27,29)/t21-/m0/s1. The number of nitrogens with two attached hydrogens (primary N) is 1. The highest BCUT2D eigenvalue weighted by Gasteiger charge is 2.25. The third-order valence-electron chi connectivity index (χ3n) is 4.70. The Morgan fingerprint density at radius 2 is 1.69 bits per heavy atom. The Labute approximate surface area is 212 Å². The summed E-state index contributed by atoms with van der Waals surface area (Å²) in [5.74, 6) is -0.902. The third-order valence-corrected chi connectivity index (χ3v) is 6.07. The van der Waals surface area contributed by atoms with Crippen LogP contribution in [0.15, 0.2) is 64.5 Å². The third kappa shape index (κ3) is 10.3. The van der Waals surface area contributed by atoms with Crippen LogP contribution < -0.4 is 15.8 Å². The van der Waals surface area contributed by atoms with Gasteiger partial charge in [0.15, 0.2) is 0 Å². The lowest BCUT2D eigenvalue weighted by Crippen LogP contribution is -2.44. The summed E-state index contributed by atoms with van der Waals surface area (Å²) in [6, 6.07) is 14.5. The molecule has 0 saturated heterocycles. The molecule has 10 nitrogen and oxygen atoms in total. The fourth-order valence-corrected chi connectivity index (χ4v) is 3.92. The number of carbonyl (C=O) groups excluding carboxylic acids is 2. The zero-order valence-electron chi connectivity index (χ0n) is 21.0. The number of hydrogen-bond acceptors (Lipinski definition) is 7. The molecular formula is C25H34N4O6S. The predicted molar refractivity (Wildman–Crippen MR) is 137 cm³/mol. The number of amides is 1. The van der Waals surface area contributed by atoms with E-state index in [9.17, 15) is 18.0 Å². The van der Waals surface area contributed by atoms with E-state index in [4.69, 9.17) is 15.2 Å². The number of aryl methyl sites for hydroxylation is 1. The van der Waals surface area contributed by atoms with Gasteiger partial charge in [0.25, 0.3) is 10.0 Å². The Morgan fingerprint density at radius 3 is 2.31 bits per heavy atom. The minimum atomic E-state index is -3.86. The monoisotopic (exact) mass is 518 g/mol. The summed E-state index contributed by atoms with van der Waals surface area (Å²) in [5, 5.41) is 2.54. The summed E-state index contributed by atoms with van der Waals surface area (Å²) in [6.45, 7) is 7.15. The fraction of sp³-hybridized carbons (Fsp3) is 0.400. The highest BCUT2D eigenvalue weighted by atomic mass is 32.2. The van der Waals surface area contributed by atoms with Crippen molar-refractivity contribution in [3.63, 3.8) is 0 Å². The van der Waals surface area contributed by atoms with E-state index in [0.29, 0.717) is 6.42 Å². The molecule has 11 heteroatoms. The molecule has 0 aliphatic carbocycles. The molecule has 0 saturated carbocycles. The first kappa shape index (κ1) is 28.6. The van der Waals surface area contributed by atoms with Gasteiger partial charge >= 0.3 is 12.1 Å². The second-order valence-corrected chi connectivity index (χ2v) is 10.8. The van der Waals surface area contributed by atoms with Crippen molar-refractivity contribution in [3.8, 4) is 0 Å². The maximum Gasteiger partial charge on any atom is 0.408 e. The zero-order valence-corrected chi connectivity index (χ0v) is 21.8. The van der Waals surface area contributed by atoms with Crippen LogP contribution in [0, 0.1) is 6.92 Å². The normalized spacial score (nSPS) is 12.9. The molecule has 0 aromatic heterocycles. The molecule has 2 aromatic rings. The number of esters is 1. The molecule has 0 fully saturated rings. The Hall–Kier alpha value is -3.60. The number of aliphatic imine (C=N–C) groups is 1. The van der Waals surface area contributed by atoms with Crippen LogP contribution in [0.5, 0.6) is 0 Å². The van der Waals surface area contributed by atoms with Crippen LogP contribution in [0.3, 0.4) is 0 Å². The maximum absolute atomic E-state index is 12.7. The molecule has 0 bridgehead atoms. The van der Waals surface area contributed by atoms with E-state index in [2.05, 4.69) is 15.0 Å². The molecule has 0 aliphatic rings. The smallest absolute Gasteiger partial charge is 0.408 e. The van der Waals surface area contributed by atoms with E-state index in [0.717, 1.165) is 11.1 Å². The van der Waals surface area contributed by atoms with Crippen LogP contribution in [-0.4, -0.2) is 44.6 Å². The van der Waals surface area contributed by atoms with Gasteiger partial charge in [-0.1, -0.05) is 48.0 Å². The zero-order chi connectivity index (χ0) is 26.8. The highest BCUT2D eigenvalue weighted by Crippen LogP contribution is 2.11. The van der Waals surface area contributed by atoms with Crippen molar-refractivity contribution in [2.45, 2.75) is 63.7 Å². The van der Waals surface area contributed by atoms with Gasteiger partial charge in [-0.3, -0.25) is 4.99 Å². The Balaban J connectivity index is 1.95. The lowest BCUT2D eigenvalue weighted by molar-refractivity contribution is -0.147. The number of rotatable bonds is 10. The predicted octanol–water partition coefficient (Wildman–Crippen LogP) is 3.00. The van der Waals surface area contributed by atoms with Gasteiger partial charge < -0.3 is 20.5 Å². The van der Waals surface area contributed by atoms with Crippen molar-refractivity contribution in [1.29, 1.82) is 0 Å². The average Bonchev–Trinajstić information content (AvgIpc) is 2.79. The molecule has 2 aromatic carbocycles.